The maximum Gasteiger partial charge on any atom is 0.198 e. The SMILES string of the molecule is CC[C@@]1(O)[C@H]2[C@H](C[C@H]3[C@@H]4CC[C@H]5C[C@H](O)CC[C@]5(C)[C@H]4[C@@H](O)C[C@@]32C)O[C@@]12C[C@H](C)C(C)(C)O2. The Hall–Kier alpha value is -0.200. The molecule has 3 N–H and O–H groups in total. The van der Waals surface area contributed by atoms with Crippen molar-refractivity contribution in [3.05, 3.63) is 0 Å². The second-order valence-electron chi connectivity index (χ2n) is 14.5. The zero-order valence-corrected chi connectivity index (χ0v) is 22.2. The third-order valence-corrected chi connectivity index (χ3v) is 12.8. The molecular formula is C29H48O5. The first-order valence-electron chi connectivity index (χ1n) is 14.3. The van der Waals surface area contributed by atoms with E-state index in [4.69, 9.17) is 9.47 Å². The zero-order chi connectivity index (χ0) is 24.5. The Kier molecular flexibility index (Phi) is 5.13. The second-order valence-corrected chi connectivity index (χ2v) is 14.5. The summed E-state index contributed by atoms with van der Waals surface area (Å²) >= 11 is 0. The molecule has 0 amide bonds. The Labute approximate surface area is 206 Å². The molecule has 4 aliphatic carbocycles. The van der Waals surface area contributed by atoms with E-state index in [0.717, 1.165) is 51.4 Å². The van der Waals surface area contributed by atoms with Gasteiger partial charge in [0, 0.05) is 12.3 Å². The molecule has 0 radical (unpaired) electrons. The fourth-order valence-electron chi connectivity index (χ4n) is 10.9. The summed E-state index contributed by atoms with van der Waals surface area (Å²) in [5.74, 6) is 1.11. The Morgan fingerprint density at radius 1 is 0.941 bits per heavy atom. The molecule has 6 rings (SSSR count). The summed E-state index contributed by atoms with van der Waals surface area (Å²) < 4.78 is 13.5. The lowest BCUT2D eigenvalue weighted by Crippen LogP contribution is -2.63. The van der Waals surface area contributed by atoms with E-state index in [-0.39, 0.29) is 40.7 Å². The molecule has 6 aliphatic rings. The predicted molar refractivity (Wildman–Crippen MR) is 130 cm³/mol. The zero-order valence-electron chi connectivity index (χ0n) is 22.2. The van der Waals surface area contributed by atoms with Gasteiger partial charge in [-0.3, -0.25) is 0 Å². The molecule has 0 aromatic heterocycles. The summed E-state index contributed by atoms with van der Waals surface area (Å²) in [5.41, 5.74) is -1.41. The quantitative estimate of drug-likeness (QED) is 0.513. The lowest BCUT2D eigenvalue weighted by molar-refractivity contribution is -0.305. The van der Waals surface area contributed by atoms with Crippen LogP contribution in [0.1, 0.15) is 99.3 Å². The molecular weight excluding hydrogens is 428 g/mol. The van der Waals surface area contributed by atoms with E-state index in [1.807, 2.05) is 0 Å². The van der Waals surface area contributed by atoms with Crippen LogP contribution in [0.3, 0.4) is 0 Å². The topological polar surface area (TPSA) is 79.2 Å². The minimum atomic E-state index is -1.04. The van der Waals surface area contributed by atoms with Crippen molar-refractivity contribution >= 4 is 0 Å². The van der Waals surface area contributed by atoms with Gasteiger partial charge in [-0.05, 0) is 106 Å². The van der Waals surface area contributed by atoms with Crippen molar-refractivity contribution in [2.45, 2.75) is 135 Å². The van der Waals surface area contributed by atoms with Crippen molar-refractivity contribution in [3.8, 4) is 0 Å². The number of rotatable bonds is 1. The molecule has 0 aromatic carbocycles. The highest BCUT2D eigenvalue weighted by atomic mass is 16.7. The fraction of sp³-hybridized carbons (Fsp3) is 1.00. The van der Waals surface area contributed by atoms with Gasteiger partial charge < -0.3 is 24.8 Å². The number of hydrogen-bond acceptors (Lipinski definition) is 5. The summed E-state index contributed by atoms with van der Waals surface area (Å²) in [6.07, 6.45) is 7.58. The van der Waals surface area contributed by atoms with Crippen LogP contribution in [0.2, 0.25) is 0 Å². The van der Waals surface area contributed by atoms with Crippen LogP contribution in [0.15, 0.2) is 0 Å². The first-order chi connectivity index (χ1) is 15.8. The molecule has 2 saturated heterocycles. The normalized spacial score (nSPS) is 62.2. The summed E-state index contributed by atoms with van der Waals surface area (Å²) in [6, 6.07) is 0. The van der Waals surface area contributed by atoms with Crippen molar-refractivity contribution in [2.24, 2.45) is 46.3 Å². The average molecular weight is 477 g/mol. The lowest BCUT2D eigenvalue weighted by Gasteiger charge is -2.63. The van der Waals surface area contributed by atoms with Gasteiger partial charge in [0.15, 0.2) is 5.79 Å². The van der Waals surface area contributed by atoms with Crippen LogP contribution in [-0.2, 0) is 9.47 Å². The summed E-state index contributed by atoms with van der Waals surface area (Å²) in [7, 11) is 0. The monoisotopic (exact) mass is 476 g/mol. The lowest BCUT2D eigenvalue weighted by atomic mass is 9.43. The van der Waals surface area contributed by atoms with Crippen LogP contribution >= 0.6 is 0 Å². The largest absolute Gasteiger partial charge is 0.393 e. The minimum absolute atomic E-state index is 0.00860. The predicted octanol–water partition coefficient (Wildman–Crippen LogP) is 4.66. The maximum absolute atomic E-state index is 12.5. The minimum Gasteiger partial charge on any atom is -0.393 e. The molecule has 0 bridgehead atoms. The Morgan fingerprint density at radius 3 is 2.32 bits per heavy atom. The van der Waals surface area contributed by atoms with Gasteiger partial charge in [-0.2, -0.15) is 0 Å². The van der Waals surface area contributed by atoms with Crippen LogP contribution in [0, 0.1) is 46.3 Å². The van der Waals surface area contributed by atoms with E-state index in [2.05, 4.69) is 41.5 Å². The molecule has 6 fully saturated rings. The van der Waals surface area contributed by atoms with Gasteiger partial charge in [0.25, 0.3) is 0 Å². The average Bonchev–Trinajstić information content (AvgIpc) is 3.26. The molecule has 5 nitrogen and oxygen atoms in total. The molecule has 34 heavy (non-hydrogen) atoms. The van der Waals surface area contributed by atoms with Gasteiger partial charge in [-0.25, -0.2) is 0 Å². The standard InChI is InChI=1S/C29H48O5/c1-7-28(32)24-22(33-29(28)14-16(2)25(3,4)34-29)13-20-19-9-8-17-12-18(30)10-11-26(17,5)23(19)21(31)15-27(20,24)6/h16-24,30-32H,7-15H2,1-6H3/t16-,17-,18+,19-,20-,21-,22-,23+,24-,26-,27-,28+,29+/m0/s1. The van der Waals surface area contributed by atoms with Crippen molar-refractivity contribution in [3.63, 3.8) is 0 Å². The number of fused-ring (bicyclic) bond motifs is 7. The maximum atomic E-state index is 12.5. The highest BCUT2D eigenvalue weighted by Crippen LogP contribution is 2.73. The van der Waals surface area contributed by atoms with E-state index < -0.39 is 11.4 Å². The summed E-state index contributed by atoms with van der Waals surface area (Å²) in [4.78, 5) is 0. The molecule has 194 valence electrons. The number of hydrogen-bond donors (Lipinski definition) is 3. The van der Waals surface area contributed by atoms with E-state index in [1.54, 1.807) is 0 Å². The van der Waals surface area contributed by atoms with Crippen molar-refractivity contribution in [1.29, 1.82) is 0 Å². The first-order valence-corrected chi connectivity index (χ1v) is 14.3. The van der Waals surface area contributed by atoms with Gasteiger partial charge in [0.1, 0.15) is 5.60 Å². The first kappa shape index (κ1) is 24.2. The molecule has 0 aromatic rings. The van der Waals surface area contributed by atoms with Crippen LogP contribution in [0.4, 0.5) is 0 Å². The molecule has 13 atom stereocenters. The van der Waals surface area contributed by atoms with E-state index in [1.165, 1.54) is 0 Å². The van der Waals surface area contributed by atoms with E-state index >= 15 is 0 Å². The van der Waals surface area contributed by atoms with Crippen molar-refractivity contribution in [1.82, 2.24) is 0 Å². The van der Waals surface area contributed by atoms with Crippen molar-refractivity contribution < 1.29 is 24.8 Å². The van der Waals surface area contributed by atoms with Gasteiger partial charge >= 0.3 is 0 Å². The molecule has 5 heteroatoms. The number of aliphatic hydroxyl groups excluding tert-OH is 2. The van der Waals surface area contributed by atoms with E-state index in [0.29, 0.717) is 36.0 Å². The number of ether oxygens (including phenoxy) is 2. The van der Waals surface area contributed by atoms with Gasteiger partial charge in [0.05, 0.1) is 23.9 Å². The molecule has 4 saturated carbocycles. The van der Waals surface area contributed by atoms with Crippen LogP contribution in [0.5, 0.6) is 0 Å². The number of aliphatic hydroxyl groups is 3. The van der Waals surface area contributed by atoms with E-state index in [9.17, 15) is 15.3 Å². The Balaban J connectivity index is 1.35. The van der Waals surface area contributed by atoms with Gasteiger partial charge in [-0.1, -0.05) is 27.7 Å². The molecule has 2 heterocycles. The fourth-order valence-corrected chi connectivity index (χ4v) is 10.9. The summed E-state index contributed by atoms with van der Waals surface area (Å²) in [6.45, 7) is 13.3. The van der Waals surface area contributed by atoms with Gasteiger partial charge in [-0.15, -0.1) is 0 Å². The molecule has 2 aliphatic heterocycles. The van der Waals surface area contributed by atoms with Crippen LogP contribution < -0.4 is 0 Å². The molecule has 0 unspecified atom stereocenters. The third-order valence-electron chi connectivity index (χ3n) is 12.8. The third kappa shape index (κ3) is 2.80. The highest BCUT2D eigenvalue weighted by molar-refractivity contribution is 5.23. The smallest absolute Gasteiger partial charge is 0.198 e. The summed E-state index contributed by atoms with van der Waals surface area (Å²) in [5, 5.41) is 34.6. The van der Waals surface area contributed by atoms with Crippen LogP contribution in [0.25, 0.3) is 0 Å². The Morgan fingerprint density at radius 2 is 1.68 bits per heavy atom. The van der Waals surface area contributed by atoms with Crippen molar-refractivity contribution in [2.75, 3.05) is 0 Å². The second kappa shape index (κ2) is 7.22. The van der Waals surface area contributed by atoms with Gasteiger partial charge in [0.2, 0.25) is 0 Å². The van der Waals surface area contributed by atoms with Crippen LogP contribution in [-0.4, -0.2) is 50.6 Å². The molecule has 1 spiro atoms. The Bertz CT molecular complexity index is 844. The highest BCUT2D eigenvalue weighted by Gasteiger charge is 2.78.